The fourth-order valence-corrected chi connectivity index (χ4v) is 1.55. The molecule has 2 rings (SSSR count). The van der Waals surface area contributed by atoms with Crippen molar-refractivity contribution in [3.05, 3.63) is 59.9 Å². The van der Waals surface area contributed by atoms with E-state index >= 15 is 0 Å². The summed E-state index contributed by atoms with van der Waals surface area (Å²) < 4.78 is 5.48. The third kappa shape index (κ3) is 4.10. The van der Waals surface area contributed by atoms with Crippen molar-refractivity contribution in [2.45, 2.75) is 6.92 Å². The van der Waals surface area contributed by atoms with Crippen LogP contribution >= 0.6 is 0 Å². The Morgan fingerprint density at radius 2 is 2.00 bits per heavy atom. The van der Waals surface area contributed by atoms with Crippen LogP contribution in [0, 0.1) is 6.92 Å². The van der Waals surface area contributed by atoms with Gasteiger partial charge in [-0.2, -0.15) is 0 Å². The fraction of sp³-hybridized carbons (Fsp3) is 0.200. The largest absolute Gasteiger partial charge is 0.492 e. The monoisotopic (exact) mass is 256 g/mol. The molecule has 0 aliphatic carbocycles. The molecule has 1 aromatic carbocycles. The van der Waals surface area contributed by atoms with Crippen LogP contribution in [0.25, 0.3) is 0 Å². The molecule has 1 N–H and O–H groups in total. The number of pyridine rings is 1. The predicted molar refractivity (Wildman–Crippen MR) is 73.2 cm³/mol. The van der Waals surface area contributed by atoms with Crippen molar-refractivity contribution in [3.8, 4) is 5.75 Å². The highest BCUT2D eigenvalue weighted by Gasteiger charge is 2.04. The van der Waals surface area contributed by atoms with E-state index in [0.29, 0.717) is 18.7 Å². The van der Waals surface area contributed by atoms with Gasteiger partial charge in [0.05, 0.1) is 12.1 Å². The van der Waals surface area contributed by atoms with Gasteiger partial charge in [-0.15, -0.1) is 0 Å². The van der Waals surface area contributed by atoms with E-state index < -0.39 is 0 Å². The van der Waals surface area contributed by atoms with Crippen molar-refractivity contribution >= 4 is 5.91 Å². The number of carbonyl (C=O) groups is 1. The number of nitrogens with one attached hydrogen (secondary N) is 1. The van der Waals surface area contributed by atoms with Crippen LogP contribution in [-0.2, 0) is 0 Å². The summed E-state index contributed by atoms with van der Waals surface area (Å²) in [6.07, 6.45) is 1.57. The Morgan fingerprint density at radius 1 is 1.21 bits per heavy atom. The van der Waals surface area contributed by atoms with Crippen LogP contribution in [0.3, 0.4) is 0 Å². The SMILES string of the molecule is Cc1ccc(C(=O)NCCOc2ccccc2)cn1. The van der Waals surface area contributed by atoms with E-state index in [1.807, 2.05) is 43.3 Å². The van der Waals surface area contributed by atoms with Gasteiger partial charge in [0.25, 0.3) is 5.91 Å². The molecule has 0 bridgehead atoms. The van der Waals surface area contributed by atoms with E-state index in [2.05, 4.69) is 10.3 Å². The number of benzene rings is 1. The minimum Gasteiger partial charge on any atom is -0.492 e. The molecule has 0 aliphatic rings. The molecule has 0 saturated heterocycles. The predicted octanol–water partition coefficient (Wildman–Crippen LogP) is 2.20. The normalized spacial score (nSPS) is 9.95. The van der Waals surface area contributed by atoms with Crippen LogP contribution in [0.1, 0.15) is 16.1 Å². The Labute approximate surface area is 112 Å². The molecule has 19 heavy (non-hydrogen) atoms. The van der Waals surface area contributed by atoms with E-state index in [1.165, 1.54) is 0 Å². The van der Waals surface area contributed by atoms with Crippen molar-refractivity contribution in [2.75, 3.05) is 13.2 Å². The first-order valence-corrected chi connectivity index (χ1v) is 6.14. The Kier molecular flexibility index (Phi) is 4.50. The Hall–Kier alpha value is -2.36. The molecule has 0 spiro atoms. The van der Waals surface area contributed by atoms with Gasteiger partial charge in [-0.05, 0) is 31.2 Å². The molecule has 0 atom stereocenters. The molecule has 2 aromatic rings. The molecule has 98 valence electrons. The van der Waals surface area contributed by atoms with Crippen molar-refractivity contribution < 1.29 is 9.53 Å². The average Bonchev–Trinajstić information content (AvgIpc) is 2.45. The van der Waals surface area contributed by atoms with Crippen LogP contribution in [0.15, 0.2) is 48.7 Å². The van der Waals surface area contributed by atoms with Gasteiger partial charge in [-0.3, -0.25) is 9.78 Å². The number of carbonyl (C=O) groups excluding carboxylic acids is 1. The first-order chi connectivity index (χ1) is 9.25. The van der Waals surface area contributed by atoms with E-state index in [1.54, 1.807) is 12.3 Å². The first kappa shape index (κ1) is 13.1. The Bertz CT molecular complexity index is 524. The molecule has 0 fully saturated rings. The van der Waals surface area contributed by atoms with Gasteiger partial charge in [0, 0.05) is 11.9 Å². The minimum atomic E-state index is -0.135. The lowest BCUT2D eigenvalue weighted by Crippen LogP contribution is -2.28. The zero-order valence-electron chi connectivity index (χ0n) is 10.8. The minimum absolute atomic E-state index is 0.135. The van der Waals surface area contributed by atoms with E-state index in [0.717, 1.165) is 11.4 Å². The van der Waals surface area contributed by atoms with Crippen LogP contribution < -0.4 is 10.1 Å². The Balaban J connectivity index is 1.74. The number of aromatic nitrogens is 1. The topological polar surface area (TPSA) is 51.2 Å². The summed E-state index contributed by atoms with van der Waals surface area (Å²) in [5, 5.41) is 2.78. The summed E-state index contributed by atoms with van der Waals surface area (Å²) in [6, 6.07) is 13.1. The second-order valence-electron chi connectivity index (χ2n) is 4.11. The highest BCUT2D eigenvalue weighted by molar-refractivity contribution is 5.93. The van der Waals surface area contributed by atoms with Gasteiger partial charge in [-0.1, -0.05) is 18.2 Å². The number of para-hydroxylation sites is 1. The Morgan fingerprint density at radius 3 is 2.68 bits per heavy atom. The van der Waals surface area contributed by atoms with Crippen LogP contribution in [0.2, 0.25) is 0 Å². The van der Waals surface area contributed by atoms with Crippen molar-refractivity contribution in [1.29, 1.82) is 0 Å². The summed E-state index contributed by atoms with van der Waals surface area (Å²) in [5.41, 5.74) is 1.45. The highest BCUT2D eigenvalue weighted by atomic mass is 16.5. The number of rotatable bonds is 5. The summed E-state index contributed by atoms with van der Waals surface area (Å²) >= 11 is 0. The number of hydrogen-bond donors (Lipinski definition) is 1. The summed E-state index contributed by atoms with van der Waals surface area (Å²) in [4.78, 5) is 15.8. The number of ether oxygens (including phenoxy) is 1. The number of hydrogen-bond acceptors (Lipinski definition) is 3. The molecule has 1 aromatic heterocycles. The van der Waals surface area contributed by atoms with E-state index in [9.17, 15) is 4.79 Å². The molecule has 1 heterocycles. The standard InChI is InChI=1S/C15H16N2O2/c1-12-7-8-13(11-17-12)15(18)16-9-10-19-14-5-3-2-4-6-14/h2-8,11H,9-10H2,1H3,(H,16,18). The average molecular weight is 256 g/mol. The summed E-state index contributed by atoms with van der Waals surface area (Å²) in [7, 11) is 0. The number of amides is 1. The second kappa shape index (κ2) is 6.54. The zero-order chi connectivity index (χ0) is 13.5. The molecule has 0 radical (unpaired) electrons. The third-order valence-corrected chi connectivity index (χ3v) is 2.57. The fourth-order valence-electron chi connectivity index (χ4n) is 1.55. The molecule has 0 saturated carbocycles. The summed E-state index contributed by atoms with van der Waals surface area (Å²) in [6.45, 7) is 2.78. The molecular weight excluding hydrogens is 240 g/mol. The third-order valence-electron chi connectivity index (χ3n) is 2.57. The van der Waals surface area contributed by atoms with Gasteiger partial charge in [0.1, 0.15) is 12.4 Å². The molecular formula is C15H16N2O2. The van der Waals surface area contributed by atoms with Crippen molar-refractivity contribution in [3.63, 3.8) is 0 Å². The lowest BCUT2D eigenvalue weighted by atomic mass is 10.2. The van der Waals surface area contributed by atoms with Crippen LogP contribution in [0.4, 0.5) is 0 Å². The molecule has 1 amide bonds. The van der Waals surface area contributed by atoms with Gasteiger partial charge < -0.3 is 10.1 Å². The van der Waals surface area contributed by atoms with E-state index in [4.69, 9.17) is 4.74 Å². The number of nitrogens with zero attached hydrogens (tertiary/aromatic N) is 1. The van der Waals surface area contributed by atoms with Crippen LogP contribution in [-0.4, -0.2) is 24.0 Å². The van der Waals surface area contributed by atoms with Crippen molar-refractivity contribution in [1.82, 2.24) is 10.3 Å². The number of aryl methyl sites for hydroxylation is 1. The summed E-state index contributed by atoms with van der Waals surface area (Å²) in [5.74, 6) is 0.665. The van der Waals surface area contributed by atoms with Crippen molar-refractivity contribution in [2.24, 2.45) is 0 Å². The molecule has 0 aliphatic heterocycles. The lowest BCUT2D eigenvalue weighted by molar-refractivity contribution is 0.0946. The lowest BCUT2D eigenvalue weighted by Gasteiger charge is -2.07. The first-order valence-electron chi connectivity index (χ1n) is 6.14. The molecule has 4 heteroatoms. The maximum Gasteiger partial charge on any atom is 0.252 e. The zero-order valence-corrected chi connectivity index (χ0v) is 10.8. The smallest absolute Gasteiger partial charge is 0.252 e. The van der Waals surface area contributed by atoms with Gasteiger partial charge in [0.2, 0.25) is 0 Å². The van der Waals surface area contributed by atoms with Gasteiger partial charge in [-0.25, -0.2) is 0 Å². The quantitative estimate of drug-likeness (QED) is 0.834. The maximum atomic E-state index is 11.8. The van der Waals surface area contributed by atoms with Gasteiger partial charge >= 0.3 is 0 Å². The maximum absolute atomic E-state index is 11.8. The molecule has 4 nitrogen and oxygen atoms in total. The highest BCUT2D eigenvalue weighted by Crippen LogP contribution is 2.07. The van der Waals surface area contributed by atoms with E-state index in [-0.39, 0.29) is 5.91 Å². The molecule has 0 unspecified atom stereocenters. The van der Waals surface area contributed by atoms with Crippen LogP contribution in [0.5, 0.6) is 5.75 Å². The van der Waals surface area contributed by atoms with Gasteiger partial charge in [0.15, 0.2) is 0 Å². The second-order valence-corrected chi connectivity index (χ2v) is 4.11.